The van der Waals surface area contributed by atoms with Crippen LogP contribution < -0.4 is 15.5 Å². The van der Waals surface area contributed by atoms with Gasteiger partial charge in [0.05, 0.1) is 23.6 Å². The van der Waals surface area contributed by atoms with Crippen molar-refractivity contribution in [2.45, 2.75) is 18.4 Å². The zero-order chi connectivity index (χ0) is 19.1. The predicted octanol–water partition coefficient (Wildman–Crippen LogP) is 2.36. The summed E-state index contributed by atoms with van der Waals surface area (Å²) in [5.41, 5.74) is 1.25. The molecule has 3 aromatic rings. The smallest absolute Gasteiger partial charge is 0.275 e. The molecule has 5 rings (SSSR count). The van der Waals surface area contributed by atoms with Gasteiger partial charge in [0.1, 0.15) is 17.3 Å². The largest absolute Gasteiger partial charge is 0.352 e. The minimum atomic E-state index is -0.449. The first-order chi connectivity index (χ1) is 13.6. The molecule has 28 heavy (non-hydrogen) atoms. The maximum absolute atomic E-state index is 13.9. The second-order valence-corrected chi connectivity index (χ2v) is 7.37. The zero-order valence-electron chi connectivity index (χ0n) is 15.2. The molecule has 2 fully saturated rings. The van der Waals surface area contributed by atoms with Crippen molar-refractivity contribution in [3.63, 3.8) is 0 Å². The lowest BCUT2D eigenvalue weighted by Crippen LogP contribution is -2.52. The Morgan fingerprint density at radius 3 is 2.89 bits per heavy atom. The van der Waals surface area contributed by atoms with Gasteiger partial charge in [-0.05, 0) is 31.0 Å². The Balaban J connectivity index is 1.35. The summed E-state index contributed by atoms with van der Waals surface area (Å²) in [7, 11) is 0. The van der Waals surface area contributed by atoms with Crippen LogP contribution in [0.4, 0.5) is 15.9 Å². The van der Waals surface area contributed by atoms with E-state index in [4.69, 9.17) is 0 Å². The van der Waals surface area contributed by atoms with Crippen LogP contribution in [0.25, 0.3) is 10.9 Å². The number of benzene rings is 1. The Morgan fingerprint density at radius 2 is 2.11 bits per heavy atom. The number of nitrogens with one attached hydrogen (secondary N) is 2. The van der Waals surface area contributed by atoms with Crippen molar-refractivity contribution in [3.05, 3.63) is 54.4 Å². The number of rotatable bonds is 3. The van der Waals surface area contributed by atoms with Gasteiger partial charge in [-0.1, -0.05) is 6.07 Å². The molecule has 0 unspecified atom stereocenters. The van der Waals surface area contributed by atoms with Crippen molar-refractivity contribution >= 4 is 28.3 Å². The molecule has 2 aromatic heterocycles. The number of piperazine rings is 1. The monoisotopic (exact) mass is 378 g/mol. The second-order valence-electron chi connectivity index (χ2n) is 7.37. The number of aromatic nitrogens is 3. The molecule has 2 aliphatic rings. The number of anilines is 2. The maximum Gasteiger partial charge on any atom is 0.275 e. The van der Waals surface area contributed by atoms with Gasteiger partial charge in [0.25, 0.3) is 5.91 Å². The molecule has 7 nitrogen and oxygen atoms in total. The minimum absolute atomic E-state index is 0.174. The summed E-state index contributed by atoms with van der Waals surface area (Å²) in [6, 6.07) is 6.10. The Kier molecular flexibility index (Phi) is 3.94. The average molecular weight is 378 g/mol. The Morgan fingerprint density at radius 1 is 1.21 bits per heavy atom. The lowest BCUT2D eigenvalue weighted by atomic mass is 10.2. The van der Waals surface area contributed by atoms with Crippen LogP contribution in [0.15, 0.2) is 42.9 Å². The molecule has 1 amide bonds. The molecule has 0 atom stereocenters. The lowest BCUT2D eigenvalue weighted by molar-refractivity contribution is 0.102. The molecule has 1 saturated carbocycles. The van der Waals surface area contributed by atoms with Gasteiger partial charge in [-0.3, -0.25) is 9.78 Å². The fraction of sp³-hybridized carbons (Fsp3) is 0.300. The van der Waals surface area contributed by atoms with E-state index in [9.17, 15) is 9.18 Å². The van der Waals surface area contributed by atoms with E-state index in [1.54, 1.807) is 24.5 Å². The summed E-state index contributed by atoms with van der Waals surface area (Å²) >= 11 is 0. The van der Waals surface area contributed by atoms with Crippen molar-refractivity contribution in [1.82, 2.24) is 20.3 Å². The molecule has 1 aliphatic heterocycles. The highest BCUT2D eigenvalue weighted by Crippen LogP contribution is 2.38. The molecular weight excluding hydrogens is 359 g/mol. The van der Waals surface area contributed by atoms with E-state index >= 15 is 0 Å². The fourth-order valence-electron chi connectivity index (χ4n) is 3.68. The van der Waals surface area contributed by atoms with E-state index in [2.05, 4.69) is 30.5 Å². The number of pyridine rings is 1. The standard InChI is InChI=1S/C20H19FN6O/c21-14-8-13-2-1-5-22-18(13)15(9-14)26-19(28)16-10-24-17(11-23-16)27-7-6-25-20(12-27)3-4-20/h1-2,5,8-11,25H,3-4,6-7,12H2,(H,26,28). The summed E-state index contributed by atoms with van der Waals surface area (Å²) in [5.74, 6) is -0.122. The van der Waals surface area contributed by atoms with Crippen LogP contribution in [-0.2, 0) is 0 Å². The van der Waals surface area contributed by atoms with Gasteiger partial charge >= 0.3 is 0 Å². The quantitative estimate of drug-likeness (QED) is 0.728. The van der Waals surface area contributed by atoms with Gasteiger partial charge in [0, 0.05) is 36.8 Å². The summed E-state index contributed by atoms with van der Waals surface area (Å²) in [4.78, 5) is 27.7. The van der Waals surface area contributed by atoms with E-state index in [-0.39, 0.29) is 11.2 Å². The van der Waals surface area contributed by atoms with E-state index < -0.39 is 11.7 Å². The molecular formula is C20H19FN6O. The Labute approximate surface area is 161 Å². The number of hydrogen-bond donors (Lipinski definition) is 2. The third-order valence-electron chi connectivity index (χ3n) is 5.34. The van der Waals surface area contributed by atoms with Gasteiger partial charge in [-0.2, -0.15) is 0 Å². The molecule has 1 spiro atoms. The number of nitrogens with zero attached hydrogens (tertiary/aromatic N) is 4. The number of carbonyl (C=O) groups excluding carboxylic acids is 1. The highest BCUT2D eigenvalue weighted by Gasteiger charge is 2.45. The van der Waals surface area contributed by atoms with Gasteiger partial charge in [0.2, 0.25) is 0 Å². The highest BCUT2D eigenvalue weighted by atomic mass is 19.1. The van der Waals surface area contributed by atoms with E-state index in [1.165, 1.54) is 31.2 Å². The summed E-state index contributed by atoms with van der Waals surface area (Å²) in [6.45, 7) is 2.70. The number of hydrogen-bond acceptors (Lipinski definition) is 6. The zero-order valence-corrected chi connectivity index (χ0v) is 15.2. The summed E-state index contributed by atoms with van der Waals surface area (Å²) in [6.07, 6.45) is 7.06. The summed E-state index contributed by atoms with van der Waals surface area (Å²) < 4.78 is 13.9. The second kappa shape index (κ2) is 6.49. The molecule has 2 N–H and O–H groups in total. The van der Waals surface area contributed by atoms with Gasteiger partial charge < -0.3 is 15.5 Å². The van der Waals surface area contributed by atoms with Gasteiger partial charge in [-0.25, -0.2) is 14.4 Å². The van der Waals surface area contributed by atoms with Crippen molar-refractivity contribution in [2.24, 2.45) is 0 Å². The number of amides is 1. The van der Waals surface area contributed by atoms with Crippen molar-refractivity contribution < 1.29 is 9.18 Å². The van der Waals surface area contributed by atoms with Crippen molar-refractivity contribution in [1.29, 1.82) is 0 Å². The van der Waals surface area contributed by atoms with Crippen LogP contribution >= 0.6 is 0 Å². The molecule has 0 bridgehead atoms. The molecule has 3 heterocycles. The van der Waals surface area contributed by atoms with Crippen LogP contribution in [0.3, 0.4) is 0 Å². The molecule has 142 valence electrons. The minimum Gasteiger partial charge on any atom is -0.352 e. The van der Waals surface area contributed by atoms with Crippen LogP contribution in [0.1, 0.15) is 23.3 Å². The topological polar surface area (TPSA) is 83.0 Å². The normalized spacial score (nSPS) is 17.7. The van der Waals surface area contributed by atoms with Crippen LogP contribution in [0.5, 0.6) is 0 Å². The first kappa shape index (κ1) is 17.0. The van der Waals surface area contributed by atoms with Crippen LogP contribution in [0, 0.1) is 5.82 Å². The third kappa shape index (κ3) is 3.16. The lowest BCUT2D eigenvalue weighted by Gasteiger charge is -2.34. The van der Waals surface area contributed by atoms with Crippen LogP contribution in [0.2, 0.25) is 0 Å². The molecule has 1 saturated heterocycles. The molecule has 8 heteroatoms. The van der Waals surface area contributed by atoms with Crippen LogP contribution in [-0.4, -0.2) is 46.0 Å². The molecule has 1 aliphatic carbocycles. The highest BCUT2D eigenvalue weighted by molar-refractivity contribution is 6.07. The predicted molar refractivity (Wildman–Crippen MR) is 104 cm³/mol. The van der Waals surface area contributed by atoms with Crippen molar-refractivity contribution in [2.75, 3.05) is 29.9 Å². The average Bonchev–Trinajstić information content (AvgIpc) is 3.46. The Hall–Kier alpha value is -3.13. The molecule has 0 radical (unpaired) electrons. The first-order valence-electron chi connectivity index (χ1n) is 9.30. The maximum atomic E-state index is 13.9. The van der Waals surface area contributed by atoms with E-state index in [0.29, 0.717) is 16.6 Å². The van der Waals surface area contributed by atoms with E-state index in [0.717, 1.165) is 25.5 Å². The number of halogens is 1. The third-order valence-corrected chi connectivity index (χ3v) is 5.34. The van der Waals surface area contributed by atoms with Gasteiger partial charge in [-0.15, -0.1) is 0 Å². The fourth-order valence-corrected chi connectivity index (χ4v) is 3.68. The summed E-state index contributed by atoms with van der Waals surface area (Å²) in [5, 5.41) is 6.87. The van der Waals surface area contributed by atoms with Gasteiger partial charge in [0.15, 0.2) is 0 Å². The number of carbonyl (C=O) groups is 1. The number of fused-ring (bicyclic) bond motifs is 1. The van der Waals surface area contributed by atoms with Crippen molar-refractivity contribution in [3.8, 4) is 0 Å². The Bertz CT molecular complexity index is 1050. The SMILES string of the molecule is O=C(Nc1cc(F)cc2cccnc12)c1cnc(N2CCNC3(CC3)C2)cn1. The molecule has 1 aromatic carbocycles. The van der Waals surface area contributed by atoms with E-state index in [1.807, 2.05) is 0 Å². The first-order valence-corrected chi connectivity index (χ1v) is 9.30.